The van der Waals surface area contributed by atoms with Gasteiger partial charge in [0.05, 0.1) is 12.4 Å². The molecular weight excluding hydrogens is 328 g/mol. The van der Waals surface area contributed by atoms with Crippen LogP contribution >= 0.6 is 0 Å². The van der Waals surface area contributed by atoms with E-state index in [0.717, 1.165) is 25.5 Å². The Labute approximate surface area is 144 Å². The Morgan fingerprint density at radius 3 is 2.46 bits per heavy atom. The lowest BCUT2D eigenvalue weighted by Gasteiger charge is -2.21. The molecule has 6 nitrogen and oxygen atoms in total. The molecule has 1 aromatic carbocycles. The lowest BCUT2D eigenvalue weighted by Crippen LogP contribution is -2.26. The predicted molar refractivity (Wildman–Crippen MR) is 94.7 cm³/mol. The minimum atomic E-state index is -3.30. The van der Waals surface area contributed by atoms with Gasteiger partial charge < -0.3 is 10.1 Å². The van der Waals surface area contributed by atoms with E-state index in [1.54, 1.807) is 24.3 Å². The first kappa shape index (κ1) is 18.7. The van der Waals surface area contributed by atoms with Crippen LogP contribution < -0.4 is 10.0 Å². The standard InChI is InChI=1S/C17H26N2O4S/c1-24(21,22)19-15-10-8-14(9-11-15)17(20)18-12-5-13-23-16-6-3-2-4-7-16/h8-11,16,19H,2-7,12-13H2,1H3,(H,18,20). The van der Waals surface area contributed by atoms with Gasteiger partial charge in [-0.3, -0.25) is 9.52 Å². The average Bonchev–Trinajstić information content (AvgIpc) is 2.54. The van der Waals surface area contributed by atoms with Crippen LogP contribution in [-0.2, 0) is 14.8 Å². The Balaban J connectivity index is 1.66. The van der Waals surface area contributed by atoms with E-state index in [1.807, 2.05) is 0 Å². The second-order valence-corrected chi connectivity index (χ2v) is 7.94. The van der Waals surface area contributed by atoms with Crippen molar-refractivity contribution in [1.82, 2.24) is 5.32 Å². The number of anilines is 1. The summed E-state index contributed by atoms with van der Waals surface area (Å²) in [5.74, 6) is -0.168. The van der Waals surface area contributed by atoms with Gasteiger partial charge in [-0.2, -0.15) is 0 Å². The van der Waals surface area contributed by atoms with Crippen LogP contribution in [0.4, 0.5) is 5.69 Å². The summed E-state index contributed by atoms with van der Waals surface area (Å²) in [5, 5.41) is 2.85. The van der Waals surface area contributed by atoms with Crippen LogP contribution in [0.15, 0.2) is 24.3 Å². The molecule has 0 heterocycles. The molecular formula is C17H26N2O4S. The van der Waals surface area contributed by atoms with E-state index in [0.29, 0.717) is 30.5 Å². The average molecular weight is 354 g/mol. The third-order valence-corrected chi connectivity index (χ3v) is 4.57. The zero-order valence-electron chi connectivity index (χ0n) is 14.1. The summed E-state index contributed by atoms with van der Waals surface area (Å²) in [7, 11) is -3.30. The summed E-state index contributed by atoms with van der Waals surface area (Å²) >= 11 is 0. The number of hydrogen-bond donors (Lipinski definition) is 2. The molecule has 0 atom stereocenters. The van der Waals surface area contributed by atoms with Crippen LogP contribution in [-0.4, -0.2) is 39.8 Å². The monoisotopic (exact) mass is 354 g/mol. The van der Waals surface area contributed by atoms with Gasteiger partial charge in [-0.1, -0.05) is 19.3 Å². The summed E-state index contributed by atoms with van der Waals surface area (Å²) < 4.78 is 30.4. The van der Waals surface area contributed by atoms with Crippen LogP contribution in [0.2, 0.25) is 0 Å². The summed E-state index contributed by atoms with van der Waals surface area (Å²) in [5.41, 5.74) is 0.942. The molecule has 1 aromatic rings. The van der Waals surface area contributed by atoms with E-state index in [1.165, 1.54) is 19.3 Å². The highest BCUT2D eigenvalue weighted by Crippen LogP contribution is 2.20. The summed E-state index contributed by atoms with van der Waals surface area (Å²) in [6.07, 6.45) is 8.40. The van der Waals surface area contributed by atoms with Gasteiger partial charge in [-0.05, 0) is 43.5 Å². The third kappa shape index (κ3) is 6.88. The van der Waals surface area contributed by atoms with E-state index in [4.69, 9.17) is 4.74 Å². The second-order valence-electron chi connectivity index (χ2n) is 6.19. The molecule has 7 heteroatoms. The Bertz CT molecular complexity index is 622. The van der Waals surface area contributed by atoms with Crippen LogP contribution in [0.1, 0.15) is 48.9 Å². The summed E-state index contributed by atoms with van der Waals surface area (Å²) in [6, 6.07) is 6.34. The fourth-order valence-corrected chi connectivity index (χ4v) is 3.33. The molecule has 0 radical (unpaired) electrons. The second kappa shape index (κ2) is 9.03. The van der Waals surface area contributed by atoms with Crippen LogP contribution in [0.25, 0.3) is 0 Å². The van der Waals surface area contributed by atoms with E-state index in [2.05, 4.69) is 10.0 Å². The molecule has 134 valence electrons. The van der Waals surface area contributed by atoms with Crippen LogP contribution in [0, 0.1) is 0 Å². The Morgan fingerprint density at radius 1 is 1.17 bits per heavy atom. The molecule has 2 rings (SSSR count). The molecule has 0 unspecified atom stereocenters. The number of hydrogen-bond acceptors (Lipinski definition) is 4. The molecule has 1 amide bonds. The lowest BCUT2D eigenvalue weighted by molar-refractivity contribution is 0.0273. The first-order valence-electron chi connectivity index (χ1n) is 8.42. The maximum atomic E-state index is 12.0. The number of amides is 1. The topological polar surface area (TPSA) is 84.5 Å². The maximum Gasteiger partial charge on any atom is 0.251 e. The maximum absolute atomic E-state index is 12.0. The lowest BCUT2D eigenvalue weighted by atomic mass is 9.98. The first-order chi connectivity index (χ1) is 11.4. The zero-order valence-corrected chi connectivity index (χ0v) is 14.9. The van der Waals surface area contributed by atoms with E-state index >= 15 is 0 Å². The van der Waals surface area contributed by atoms with Gasteiger partial charge >= 0.3 is 0 Å². The molecule has 0 aromatic heterocycles. The minimum absolute atomic E-state index is 0.168. The van der Waals surface area contributed by atoms with Gasteiger partial charge in [-0.15, -0.1) is 0 Å². The van der Waals surface area contributed by atoms with Crippen molar-refractivity contribution in [2.45, 2.75) is 44.6 Å². The van der Waals surface area contributed by atoms with Gasteiger partial charge in [0.25, 0.3) is 5.91 Å². The fourth-order valence-electron chi connectivity index (χ4n) is 2.76. The highest BCUT2D eigenvalue weighted by Gasteiger charge is 2.13. The van der Waals surface area contributed by atoms with Crippen molar-refractivity contribution in [2.75, 3.05) is 24.1 Å². The number of nitrogens with one attached hydrogen (secondary N) is 2. The number of rotatable bonds is 8. The van der Waals surface area contributed by atoms with Gasteiger partial charge in [0, 0.05) is 24.4 Å². The largest absolute Gasteiger partial charge is 0.378 e. The number of carbonyl (C=O) groups excluding carboxylic acids is 1. The molecule has 1 aliphatic carbocycles. The van der Waals surface area contributed by atoms with Crippen molar-refractivity contribution in [2.24, 2.45) is 0 Å². The van der Waals surface area contributed by atoms with Crippen LogP contribution in [0.5, 0.6) is 0 Å². The Kier molecular flexibility index (Phi) is 7.05. The quantitative estimate of drug-likeness (QED) is 0.703. The van der Waals surface area contributed by atoms with E-state index in [-0.39, 0.29) is 5.91 Å². The first-order valence-corrected chi connectivity index (χ1v) is 10.3. The zero-order chi connectivity index (χ0) is 17.4. The normalized spacial score (nSPS) is 15.9. The SMILES string of the molecule is CS(=O)(=O)Nc1ccc(C(=O)NCCCOC2CCCCC2)cc1. The highest BCUT2D eigenvalue weighted by molar-refractivity contribution is 7.92. The molecule has 24 heavy (non-hydrogen) atoms. The van der Waals surface area contributed by atoms with Crippen LogP contribution in [0.3, 0.4) is 0 Å². The number of carbonyl (C=O) groups is 1. The number of sulfonamides is 1. The molecule has 2 N–H and O–H groups in total. The van der Waals surface area contributed by atoms with Gasteiger partial charge in [0.2, 0.25) is 10.0 Å². The molecule has 1 aliphatic rings. The van der Waals surface area contributed by atoms with Crippen molar-refractivity contribution in [1.29, 1.82) is 0 Å². The molecule has 0 aliphatic heterocycles. The number of ether oxygens (including phenoxy) is 1. The van der Waals surface area contributed by atoms with Crippen molar-refractivity contribution in [3.8, 4) is 0 Å². The molecule has 0 saturated heterocycles. The van der Waals surface area contributed by atoms with Crippen molar-refractivity contribution in [3.05, 3.63) is 29.8 Å². The fraction of sp³-hybridized carbons (Fsp3) is 0.588. The Hall–Kier alpha value is -1.60. The molecule has 0 spiro atoms. The third-order valence-electron chi connectivity index (χ3n) is 3.96. The van der Waals surface area contributed by atoms with E-state index < -0.39 is 10.0 Å². The van der Waals surface area contributed by atoms with Gasteiger partial charge in [-0.25, -0.2) is 8.42 Å². The summed E-state index contributed by atoms with van der Waals surface area (Å²) in [4.78, 5) is 12.0. The number of benzene rings is 1. The van der Waals surface area contributed by atoms with Gasteiger partial charge in [0.15, 0.2) is 0 Å². The van der Waals surface area contributed by atoms with Gasteiger partial charge in [0.1, 0.15) is 0 Å². The molecule has 1 fully saturated rings. The predicted octanol–water partition coefficient (Wildman–Crippen LogP) is 2.53. The molecule has 1 saturated carbocycles. The van der Waals surface area contributed by atoms with Crippen molar-refractivity contribution in [3.63, 3.8) is 0 Å². The molecule has 0 bridgehead atoms. The minimum Gasteiger partial charge on any atom is -0.378 e. The van der Waals surface area contributed by atoms with E-state index in [9.17, 15) is 13.2 Å². The summed E-state index contributed by atoms with van der Waals surface area (Å²) in [6.45, 7) is 1.23. The highest BCUT2D eigenvalue weighted by atomic mass is 32.2. The Morgan fingerprint density at radius 2 is 1.83 bits per heavy atom. The van der Waals surface area contributed by atoms with Crippen molar-refractivity contribution < 1.29 is 17.9 Å². The smallest absolute Gasteiger partial charge is 0.251 e. The van der Waals surface area contributed by atoms with Crippen molar-refractivity contribution >= 4 is 21.6 Å².